The van der Waals surface area contributed by atoms with Crippen LogP contribution in [-0.4, -0.2) is 0 Å². The molecule has 4 aromatic rings. The summed E-state index contributed by atoms with van der Waals surface area (Å²) in [5.74, 6) is -14.1. The van der Waals surface area contributed by atoms with Gasteiger partial charge in [0.15, 0.2) is 0 Å². The molecule has 0 spiro atoms. The van der Waals surface area contributed by atoms with E-state index < -0.39 is 81.0 Å². The first-order valence-corrected chi connectivity index (χ1v) is 13.9. The Kier molecular flexibility index (Phi) is 10.3. The van der Waals surface area contributed by atoms with Gasteiger partial charge in [0.1, 0.15) is 57.6 Å². The molecule has 4 aromatic carbocycles. The number of unbranched alkanes of at least 4 members (excludes halogenated alkanes) is 4. The van der Waals surface area contributed by atoms with Crippen LogP contribution in [0.5, 0.6) is 5.75 Å². The van der Waals surface area contributed by atoms with Gasteiger partial charge in [-0.25, -0.2) is 30.7 Å². The summed E-state index contributed by atoms with van der Waals surface area (Å²) in [5, 5.41) is 0. The van der Waals surface area contributed by atoms with E-state index in [1.54, 1.807) is 6.07 Å². The Morgan fingerprint density at radius 1 is 0.543 bits per heavy atom. The van der Waals surface area contributed by atoms with E-state index in [9.17, 15) is 43.9 Å². The van der Waals surface area contributed by atoms with Gasteiger partial charge in [-0.05, 0) is 59.9 Å². The van der Waals surface area contributed by atoms with Crippen LogP contribution in [0.3, 0.4) is 0 Å². The highest BCUT2D eigenvalue weighted by Crippen LogP contribution is 2.41. The van der Waals surface area contributed by atoms with Gasteiger partial charge in [-0.1, -0.05) is 44.7 Å². The molecule has 0 heterocycles. The number of hydrogen-bond donors (Lipinski definition) is 0. The normalized spacial score (nSPS) is 12.1. The number of benzene rings is 4. The van der Waals surface area contributed by atoms with Gasteiger partial charge in [0.2, 0.25) is 0 Å². The summed E-state index contributed by atoms with van der Waals surface area (Å²) >= 11 is 0. The van der Waals surface area contributed by atoms with Crippen LogP contribution >= 0.6 is 0 Å². The Balaban J connectivity index is 1.60. The Morgan fingerprint density at radius 2 is 1.07 bits per heavy atom. The maximum Gasteiger partial charge on any atom is 0.432 e. The van der Waals surface area contributed by atoms with Crippen LogP contribution in [0.15, 0.2) is 54.6 Å². The molecule has 0 aliphatic rings. The predicted octanol–water partition coefficient (Wildman–Crippen LogP) is 11.7. The molecule has 0 unspecified atom stereocenters. The molecule has 0 aromatic heterocycles. The van der Waals surface area contributed by atoms with E-state index >= 15 is 8.78 Å². The van der Waals surface area contributed by atoms with E-state index in [1.807, 2.05) is 0 Å². The topological polar surface area (TPSA) is 9.23 Å². The maximum absolute atomic E-state index is 15.1. The van der Waals surface area contributed by atoms with Crippen LogP contribution in [0.1, 0.15) is 55.7 Å². The molecule has 0 atom stereocenters. The minimum Gasteiger partial charge on any atom is -0.429 e. The molecule has 0 bridgehead atoms. The van der Waals surface area contributed by atoms with E-state index in [2.05, 4.69) is 11.7 Å². The van der Waals surface area contributed by atoms with Crippen molar-refractivity contribution in [2.24, 2.45) is 0 Å². The molecule has 13 heteroatoms. The van der Waals surface area contributed by atoms with Gasteiger partial charge in [0.05, 0.1) is 5.56 Å². The zero-order valence-electron chi connectivity index (χ0n) is 23.9. The van der Waals surface area contributed by atoms with Crippen LogP contribution in [0, 0.1) is 40.7 Å². The number of hydrogen-bond acceptors (Lipinski definition) is 1. The predicted molar refractivity (Wildman–Crippen MR) is 145 cm³/mol. The lowest BCUT2D eigenvalue weighted by Crippen LogP contribution is -2.25. The lowest BCUT2D eigenvalue weighted by atomic mass is 9.96. The van der Waals surface area contributed by atoms with Crippen molar-refractivity contribution in [1.29, 1.82) is 0 Å². The molecule has 4 rings (SSSR count). The van der Waals surface area contributed by atoms with Crippen molar-refractivity contribution in [3.05, 3.63) is 112 Å². The van der Waals surface area contributed by atoms with E-state index in [4.69, 9.17) is 0 Å². The zero-order chi connectivity index (χ0) is 34.0. The summed E-state index contributed by atoms with van der Waals surface area (Å²) in [6.07, 6.45) is -5.02. The monoisotopic (exact) mass is 664 g/mol. The number of ether oxygens (including phenoxy) is 1. The van der Waals surface area contributed by atoms with Crippen LogP contribution in [0.25, 0.3) is 22.3 Å². The Labute approximate surface area is 255 Å². The number of halogens is 12. The van der Waals surface area contributed by atoms with E-state index in [1.165, 1.54) is 12.1 Å². The molecule has 46 heavy (non-hydrogen) atoms. The molecule has 246 valence electrons. The maximum atomic E-state index is 15.1. The van der Waals surface area contributed by atoms with Gasteiger partial charge in [-0.3, -0.25) is 0 Å². The molecule has 1 nitrogen and oxygen atoms in total. The van der Waals surface area contributed by atoms with Crippen molar-refractivity contribution >= 4 is 0 Å². The molecular formula is C33H24F12O. The molecule has 0 saturated heterocycles. The zero-order valence-corrected chi connectivity index (χ0v) is 23.9. The van der Waals surface area contributed by atoms with Crippen LogP contribution in [0.4, 0.5) is 52.7 Å². The smallest absolute Gasteiger partial charge is 0.429 e. The Morgan fingerprint density at radius 3 is 1.59 bits per heavy atom. The van der Waals surface area contributed by atoms with E-state index in [0.29, 0.717) is 24.1 Å². The third-order valence-electron chi connectivity index (χ3n) is 7.12. The third kappa shape index (κ3) is 7.61. The summed E-state index contributed by atoms with van der Waals surface area (Å²) in [7, 11) is 0. The van der Waals surface area contributed by atoms with Gasteiger partial charge < -0.3 is 4.74 Å². The highest BCUT2D eigenvalue weighted by Gasteiger charge is 2.43. The minimum absolute atomic E-state index is 0.126. The Bertz CT molecular complexity index is 1660. The van der Waals surface area contributed by atoms with Gasteiger partial charge >= 0.3 is 12.3 Å². The fraction of sp³-hybridized carbons (Fsp3) is 0.273. The van der Waals surface area contributed by atoms with Gasteiger partial charge in [0, 0.05) is 17.7 Å². The highest BCUT2D eigenvalue weighted by atomic mass is 19.4. The standard InChI is InChI=1S/C33H24F12O/c1-2-3-4-5-6-7-17-8-9-21(22(34)10-17)18-11-23(35)29(24(36)12-18)19-13-25(37)31(26(38)14-19)33(44,45)46-20-15-27(39)30(28(40)16-20)32(41,42)43/h8-16H,2-7H2,1H3. The van der Waals surface area contributed by atoms with Crippen molar-refractivity contribution < 1.29 is 57.4 Å². The Hall–Kier alpha value is -4.16. The van der Waals surface area contributed by atoms with Crippen molar-refractivity contribution in [1.82, 2.24) is 0 Å². The molecule has 0 amide bonds. The second-order valence-corrected chi connectivity index (χ2v) is 10.5. The first-order chi connectivity index (χ1) is 21.5. The van der Waals surface area contributed by atoms with Crippen molar-refractivity contribution in [3.63, 3.8) is 0 Å². The molecule has 0 aliphatic heterocycles. The van der Waals surface area contributed by atoms with Crippen LogP contribution in [0.2, 0.25) is 0 Å². The van der Waals surface area contributed by atoms with Crippen LogP contribution in [-0.2, 0) is 18.7 Å². The summed E-state index contributed by atoms with van der Waals surface area (Å²) in [4.78, 5) is 0. The fourth-order valence-electron chi connectivity index (χ4n) is 4.96. The highest BCUT2D eigenvalue weighted by molar-refractivity contribution is 5.72. The molecule has 0 aliphatic carbocycles. The molecule has 0 radical (unpaired) electrons. The van der Waals surface area contributed by atoms with E-state index in [0.717, 1.165) is 32.1 Å². The number of aryl methyl sites for hydroxylation is 1. The lowest BCUT2D eigenvalue weighted by molar-refractivity contribution is -0.189. The van der Waals surface area contributed by atoms with Crippen LogP contribution < -0.4 is 4.74 Å². The van der Waals surface area contributed by atoms with Crippen molar-refractivity contribution in [2.75, 3.05) is 0 Å². The first kappa shape index (κ1) is 34.7. The summed E-state index contributed by atoms with van der Waals surface area (Å²) in [6.45, 7) is 2.07. The summed E-state index contributed by atoms with van der Waals surface area (Å²) < 4.78 is 174. The van der Waals surface area contributed by atoms with Gasteiger partial charge in [-0.2, -0.15) is 22.0 Å². The number of alkyl halides is 5. The lowest BCUT2D eigenvalue weighted by Gasteiger charge is -2.21. The third-order valence-corrected chi connectivity index (χ3v) is 7.12. The average molecular weight is 665 g/mol. The summed E-state index contributed by atoms with van der Waals surface area (Å²) in [6, 6.07) is 5.27. The van der Waals surface area contributed by atoms with E-state index in [-0.39, 0.29) is 35.4 Å². The second kappa shape index (κ2) is 13.7. The number of rotatable bonds is 11. The summed E-state index contributed by atoms with van der Waals surface area (Å²) in [5.41, 5.74) is -6.25. The quantitative estimate of drug-likeness (QED) is 0.115. The molecule has 0 saturated carbocycles. The largest absolute Gasteiger partial charge is 0.432 e. The minimum atomic E-state index is -5.53. The molecular weight excluding hydrogens is 640 g/mol. The van der Waals surface area contributed by atoms with Gasteiger partial charge in [-0.15, -0.1) is 0 Å². The first-order valence-electron chi connectivity index (χ1n) is 13.9. The van der Waals surface area contributed by atoms with Gasteiger partial charge in [0.25, 0.3) is 0 Å². The average Bonchev–Trinajstić information content (AvgIpc) is 2.90. The molecule has 0 fully saturated rings. The second-order valence-electron chi connectivity index (χ2n) is 10.5. The fourth-order valence-corrected chi connectivity index (χ4v) is 4.96. The van der Waals surface area contributed by atoms with Crippen molar-refractivity contribution in [3.8, 4) is 28.0 Å². The SMILES string of the molecule is CCCCCCCc1ccc(-c2cc(F)c(-c3cc(F)c(C(F)(F)Oc4cc(F)c(C(F)(F)F)c(F)c4)c(F)c3)c(F)c2)c(F)c1. The van der Waals surface area contributed by atoms with Crippen molar-refractivity contribution in [2.45, 2.75) is 57.7 Å². The molecule has 0 N–H and O–H groups in total.